The Labute approximate surface area is 104 Å². The second kappa shape index (κ2) is 4.98. The number of nitrogens with zero attached hydrogens (tertiary/aromatic N) is 3. The van der Waals surface area contributed by atoms with Gasteiger partial charge in [0.05, 0.1) is 11.4 Å². The van der Waals surface area contributed by atoms with Gasteiger partial charge in [0.1, 0.15) is 5.82 Å². The number of hydrogen-bond acceptors (Lipinski definition) is 3. The quantitative estimate of drug-likeness (QED) is 0.876. The number of rotatable bonds is 3. The summed E-state index contributed by atoms with van der Waals surface area (Å²) in [6.07, 6.45) is 6.91. The summed E-state index contributed by atoms with van der Waals surface area (Å²) in [5, 5.41) is 4.37. The van der Waals surface area contributed by atoms with Crippen molar-refractivity contribution in [3.8, 4) is 0 Å². The molecular weight excluding hydrogens is 212 g/mol. The van der Waals surface area contributed by atoms with Crippen molar-refractivity contribution in [2.45, 2.75) is 39.0 Å². The van der Waals surface area contributed by atoms with Crippen LogP contribution in [0.4, 0.5) is 11.5 Å². The van der Waals surface area contributed by atoms with Gasteiger partial charge >= 0.3 is 0 Å². The number of hydrogen-bond donors (Lipinski definition) is 1. The van der Waals surface area contributed by atoms with Crippen LogP contribution < -0.4 is 10.6 Å². The number of aryl methyl sites for hydroxylation is 2. The third-order valence-corrected chi connectivity index (χ3v) is 3.86. The first-order valence-corrected chi connectivity index (χ1v) is 6.59. The Kier molecular flexibility index (Phi) is 3.60. The second-order valence-electron chi connectivity index (χ2n) is 5.33. The fourth-order valence-corrected chi connectivity index (χ4v) is 2.96. The van der Waals surface area contributed by atoms with Crippen molar-refractivity contribution in [1.29, 1.82) is 0 Å². The van der Waals surface area contributed by atoms with Crippen molar-refractivity contribution >= 4 is 11.5 Å². The number of aromatic nitrogens is 2. The zero-order valence-corrected chi connectivity index (χ0v) is 11.2. The average molecular weight is 236 g/mol. The molecule has 0 amide bonds. The smallest absolute Gasteiger partial charge is 0.150 e. The van der Waals surface area contributed by atoms with Gasteiger partial charge in [-0.25, -0.2) is 0 Å². The molecule has 4 heteroatoms. The van der Waals surface area contributed by atoms with Crippen LogP contribution in [-0.2, 0) is 7.05 Å². The van der Waals surface area contributed by atoms with Gasteiger partial charge in [0.2, 0.25) is 0 Å². The Morgan fingerprint density at radius 2 is 2.00 bits per heavy atom. The summed E-state index contributed by atoms with van der Waals surface area (Å²) >= 11 is 0. The van der Waals surface area contributed by atoms with E-state index >= 15 is 0 Å². The zero-order chi connectivity index (χ0) is 12.4. The predicted octanol–water partition coefficient (Wildman–Crippen LogP) is 2.33. The molecule has 1 aliphatic carbocycles. The molecule has 0 aromatic carbocycles. The minimum atomic E-state index is 0.823. The van der Waals surface area contributed by atoms with Gasteiger partial charge in [-0.3, -0.25) is 4.68 Å². The number of nitrogens with two attached hydrogens (primary N) is 1. The maximum Gasteiger partial charge on any atom is 0.150 e. The van der Waals surface area contributed by atoms with Gasteiger partial charge in [-0.1, -0.05) is 19.3 Å². The van der Waals surface area contributed by atoms with E-state index in [2.05, 4.69) is 17.0 Å². The van der Waals surface area contributed by atoms with Crippen molar-refractivity contribution in [3.63, 3.8) is 0 Å². The number of nitrogen functional groups attached to an aromatic ring is 1. The molecule has 4 nitrogen and oxygen atoms in total. The molecule has 17 heavy (non-hydrogen) atoms. The van der Waals surface area contributed by atoms with Crippen LogP contribution in [0.1, 0.15) is 37.8 Å². The summed E-state index contributed by atoms with van der Waals surface area (Å²) in [5.41, 5.74) is 7.84. The third kappa shape index (κ3) is 2.56. The lowest BCUT2D eigenvalue weighted by molar-refractivity contribution is 0.361. The van der Waals surface area contributed by atoms with E-state index in [9.17, 15) is 0 Å². The van der Waals surface area contributed by atoms with Crippen LogP contribution in [0.2, 0.25) is 0 Å². The van der Waals surface area contributed by atoms with Crippen LogP contribution in [0.5, 0.6) is 0 Å². The van der Waals surface area contributed by atoms with Gasteiger partial charge in [0.15, 0.2) is 0 Å². The summed E-state index contributed by atoms with van der Waals surface area (Å²) in [5.74, 6) is 1.89. The molecule has 0 spiro atoms. The highest BCUT2D eigenvalue weighted by Crippen LogP contribution is 2.29. The Bertz CT molecular complexity index is 377. The molecule has 0 radical (unpaired) electrons. The first-order valence-electron chi connectivity index (χ1n) is 6.59. The van der Waals surface area contributed by atoms with Crippen LogP contribution in [0.15, 0.2) is 0 Å². The van der Waals surface area contributed by atoms with Gasteiger partial charge in [-0.15, -0.1) is 0 Å². The maximum atomic E-state index is 6.08. The largest absolute Gasteiger partial charge is 0.394 e. The molecule has 2 N–H and O–H groups in total. The molecule has 0 aliphatic heterocycles. The van der Waals surface area contributed by atoms with Crippen LogP contribution in [-0.4, -0.2) is 23.4 Å². The molecular formula is C13H24N4. The fraction of sp³-hybridized carbons (Fsp3) is 0.769. The van der Waals surface area contributed by atoms with Gasteiger partial charge in [-0.05, 0) is 25.7 Å². The maximum absolute atomic E-state index is 6.08. The first kappa shape index (κ1) is 12.3. The monoisotopic (exact) mass is 236 g/mol. The van der Waals surface area contributed by atoms with Crippen molar-refractivity contribution < 1.29 is 0 Å². The van der Waals surface area contributed by atoms with E-state index in [4.69, 9.17) is 5.73 Å². The predicted molar refractivity (Wildman–Crippen MR) is 72.2 cm³/mol. The van der Waals surface area contributed by atoms with Crippen LogP contribution in [0, 0.1) is 12.8 Å². The van der Waals surface area contributed by atoms with E-state index in [1.807, 2.05) is 18.7 Å². The minimum Gasteiger partial charge on any atom is -0.394 e. The second-order valence-corrected chi connectivity index (χ2v) is 5.33. The van der Waals surface area contributed by atoms with Crippen molar-refractivity contribution in [2.75, 3.05) is 24.2 Å². The van der Waals surface area contributed by atoms with Gasteiger partial charge in [-0.2, -0.15) is 5.10 Å². The molecule has 0 unspecified atom stereocenters. The Morgan fingerprint density at radius 1 is 1.35 bits per heavy atom. The number of anilines is 2. The lowest BCUT2D eigenvalue weighted by Crippen LogP contribution is -2.28. The third-order valence-electron chi connectivity index (χ3n) is 3.86. The van der Waals surface area contributed by atoms with Crippen LogP contribution >= 0.6 is 0 Å². The van der Waals surface area contributed by atoms with E-state index in [0.29, 0.717) is 0 Å². The minimum absolute atomic E-state index is 0.823. The molecule has 1 heterocycles. The Morgan fingerprint density at radius 3 is 2.53 bits per heavy atom. The van der Waals surface area contributed by atoms with Crippen molar-refractivity contribution in [1.82, 2.24) is 9.78 Å². The molecule has 1 fully saturated rings. The van der Waals surface area contributed by atoms with Crippen LogP contribution in [0.3, 0.4) is 0 Å². The topological polar surface area (TPSA) is 47.1 Å². The molecule has 1 saturated carbocycles. The zero-order valence-electron chi connectivity index (χ0n) is 11.2. The summed E-state index contributed by atoms with van der Waals surface area (Å²) < 4.78 is 1.90. The molecule has 0 atom stereocenters. The Hall–Kier alpha value is -1.19. The van der Waals surface area contributed by atoms with E-state index in [0.717, 1.165) is 29.7 Å². The van der Waals surface area contributed by atoms with Gasteiger partial charge in [0.25, 0.3) is 0 Å². The van der Waals surface area contributed by atoms with Crippen molar-refractivity contribution in [2.24, 2.45) is 13.0 Å². The highest BCUT2D eigenvalue weighted by molar-refractivity contribution is 5.65. The summed E-state index contributed by atoms with van der Waals surface area (Å²) in [4.78, 5) is 2.27. The van der Waals surface area contributed by atoms with E-state index < -0.39 is 0 Å². The molecule has 1 aromatic heterocycles. The Balaban J connectivity index is 2.05. The lowest BCUT2D eigenvalue weighted by atomic mass is 9.89. The van der Waals surface area contributed by atoms with Crippen LogP contribution in [0.25, 0.3) is 0 Å². The SMILES string of the molecule is Cc1nn(C)c(N(C)CC2CCCCC2)c1N. The van der Waals surface area contributed by atoms with E-state index in [1.165, 1.54) is 32.1 Å². The fourth-order valence-electron chi connectivity index (χ4n) is 2.96. The highest BCUT2D eigenvalue weighted by atomic mass is 15.4. The molecule has 96 valence electrons. The standard InChI is InChI=1S/C13H24N4/c1-10-12(14)13(17(3)15-10)16(2)9-11-7-5-4-6-8-11/h11H,4-9,14H2,1-3H3. The molecule has 1 aromatic rings. The molecule has 0 saturated heterocycles. The normalized spacial score (nSPS) is 17.4. The van der Waals surface area contributed by atoms with Gasteiger partial charge < -0.3 is 10.6 Å². The van der Waals surface area contributed by atoms with Gasteiger partial charge in [0, 0.05) is 20.6 Å². The highest BCUT2D eigenvalue weighted by Gasteiger charge is 2.19. The lowest BCUT2D eigenvalue weighted by Gasteiger charge is -2.28. The summed E-state index contributed by atoms with van der Waals surface area (Å²) in [6.45, 7) is 3.07. The van der Waals surface area contributed by atoms with Crippen molar-refractivity contribution in [3.05, 3.63) is 5.69 Å². The molecule has 1 aliphatic rings. The average Bonchev–Trinajstić information content (AvgIpc) is 2.54. The first-order chi connectivity index (χ1) is 8.09. The van der Waals surface area contributed by atoms with E-state index in [-0.39, 0.29) is 0 Å². The summed E-state index contributed by atoms with van der Waals surface area (Å²) in [6, 6.07) is 0. The van der Waals surface area contributed by atoms with E-state index in [1.54, 1.807) is 0 Å². The summed E-state index contributed by atoms with van der Waals surface area (Å²) in [7, 11) is 4.09. The molecule has 2 rings (SSSR count). The molecule has 0 bridgehead atoms.